The van der Waals surface area contributed by atoms with Gasteiger partial charge in [0.15, 0.2) is 4.83 Å². The molecule has 2 unspecified atom stereocenters. The van der Waals surface area contributed by atoms with Gasteiger partial charge in [-0.1, -0.05) is 29.8 Å². The molecule has 0 aromatic heterocycles. The highest BCUT2D eigenvalue weighted by atomic mass is 35.5. The lowest BCUT2D eigenvalue weighted by Crippen LogP contribution is -2.17. The predicted octanol–water partition coefficient (Wildman–Crippen LogP) is 1.50. The molecule has 0 saturated heterocycles. The normalized spacial score (nSPS) is 15.2. The third-order valence-corrected chi connectivity index (χ3v) is 2.22. The smallest absolute Gasteiger partial charge is 0.164 e. The summed E-state index contributed by atoms with van der Waals surface area (Å²) < 4.78 is 20.6. The molecule has 0 spiro atoms. The number of hydrogen-bond donors (Lipinski definition) is 1. The molecule has 0 amide bonds. The van der Waals surface area contributed by atoms with Crippen molar-refractivity contribution in [1.29, 1.82) is 0 Å². The van der Waals surface area contributed by atoms with Gasteiger partial charge in [-0.2, -0.15) is 0 Å². The van der Waals surface area contributed by atoms with Crippen molar-refractivity contribution >= 4 is 28.4 Å². The van der Waals surface area contributed by atoms with Gasteiger partial charge in [-0.05, 0) is 23.2 Å². The SMILES string of the molecule is O=S([O-])C(Cl)Nc1ccccc1. The topological polar surface area (TPSA) is 52.2 Å². The van der Waals surface area contributed by atoms with Crippen molar-refractivity contribution < 1.29 is 8.76 Å². The van der Waals surface area contributed by atoms with Crippen LogP contribution in [0.5, 0.6) is 0 Å². The quantitative estimate of drug-likeness (QED) is 0.461. The third kappa shape index (κ3) is 2.81. The van der Waals surface area contributed by atoms with Crippen LogP contribution in [0.4, 0.5) is 5.69 Å². The van der Waals surface area contributed by atoms with Gasteiger partial charge in [0, 0.05) is 5.69 Å². The first-order chi connectivity index (χ1) is 5.70. The molecular weight excluding hydrogens is 198 g/mol. The Morgan fingerprint density at radius 1 is 1.42 bits per heavy atom. The van der Waals surface area contributed by atoms with Gasteiger partial charge in [0.2, 0.25) is 0 Å². The summed E-state index contributed by atoms with van der Waals surface area (Å²) in [6, 6.07) is 8.90. The number of hydrogen-bond acceptors (Lipinski definition) is 3. The molecule has 0 saturated carbocycles. The maximum atomic E-state index is 10.3. The van der Waals surface area contributed by atoms with Gasteiger partial charge in [0.25, 0.3) is 0 Å². The van der Waals surface area contributed by atoms with Crippen molar-refractivity contribution in [3.05, 3.63) is 30.3 Å². The number of halogens is 1. The lowest BCUT2D eigenvalue weighted by atomic mass is 10.3. The van der Waals surface area contributed by atoms with E-state index < -0.39 is 15.9 Å². The molecular formula is C7H7ClNO2S-. The van der Waals surface area contributed by atoms with Crippen LogP contribution < -0.4 is 5.32 Å². The molecule has 2 atom stereocenters. The molecule has 0 fully saturated rings. The Kier molecular flexibility index (Phi) is 3.52. The van der Waals surface area contributed by atoms with Gasteiger partial charge in [-0.25, -0.2) is 0 Å². The zero-order valence-electron chi connectivity index (χ0n) is 6.07. The Balaban J connectivity index is 2.58. The Labute approximate surface area is 78.0 Å². The highest BCUT2D eigenvalue weighted by Gasteiger charge is 2.01. The lowest BCUT2D eigenvalue weighted by molar-refractivity contribution is 0.536. The van der Waals surface area contributed by atoms with Crippen molar-refractivity contribution in [2.45, 2.75) is 4.83 Å². The molecule has 66 valence electrons. The lowest BCUT2D eigenvalue weighted by Gasteiger charge is -2.15. The second-order valence-electron chi connectivity index (χ2n) is 2.09. The molecule has 0 aliphatic rings. The van der Waals surface area contributed by atoms with Gasteiger partial charge in [-0.3, -0.25) is 4.21 Å². The van der Waals surface area contributed by atoms with Gasteiger partial charge in [0.05, 0.1) is 0 Å². The van der Waals surface area contributed by atoms with Crippen LogP contribution in [0.1, 0.15) is 0 Å². The summed E-state index contributed by atoms with van der Waals surface area (Å²) in [5.74, 6) is 0. The second kappa shape index (κ2) is 4.45. The number of nitrogens with one attached hydrogen (secondary N) is 1. The van der Waals surface area contributed by atoms with E-state index in [0.717, 1.165) is 0 Å². The highest BCUT2D eigenvalue weighted by Crippen LogP contribution is 2.10. The number of benzene rings is 1. The van der Waals surface area contributed by atoms with E-state index in [2.05, 4.69) is 5.32 Å². The largest absolute Gasteiger partial charge is 0.770 e. The molecule has 0 aliphatic heterocycles. The van der Waals surface area contributed by atoms with Gasteiger partial charge < -0.3 is 9.87 Å². The van der Waals surface area contributed by atoms with Gasteiger partial charge in [0.1, 0.15) is 0 Å². The summed E-state index contributed by atoms with van der Waals surface area (Å²) in [6.45, 7) is 0. The Hall–Kier alpha value is -0.580. The van der Waals surface area contributed by atoms with Gasteiger partial charge in [-0.15, -0.1) is 0 Å². The fraction of sp³-hybridized carbons (Fsp3) is 0.143. The maximum Gasteiger partial charge on any atom is 0.164 e. The van der Waals surface area contributed by atoms with Crippen LogP contribution in [0.2, 0.25) is 0 Å². The minimum atomic E-state index is -2.31. The molecule has 3 nitrogen and oxygen atoms in total. The van der Waals surface area contributed by atoms with Crippen molar-refractivity contribution in [3.8, 4) is 0 Å². The van der Waals surface area contributed by atoms with Gasteiger partial charge >= 0.3 is 0 Å². The molecule has 0 heterocycles. The zero-order valence-corrected chi connectivity index (χ0v) is 7.64. The Morgan fingerprint density at radius 2 is 2.00 bits per heavy atom. The van der Waals surface area contributed by atoms with E-state index in [1.807, 2.05) is 6.07 Å². The molecule has 0 bridgehead atoms. The van der Waals surface area contributed by atoms with Crippen LogP contribution in [-0.4, -0.2) is 13.6 Å². The fourth-order valence-corrected chi connectivity index (χ4v) is 1.07. The molecule has 1 rings (SSSR count). The predicted molar refractivity (Wildman–Crippen MR) is 48.6 cm³/mol. The average molecular weight is 205 g/mol. The number of para-hydroxylation sites is 1. The maximum absolute atomic E-state index is 10.3. The Bertz CT molecular complexity index is 267. The van der Waals surface area contributed by atoms with Crippen LogP contribution in [0.3, 0.4) is 0 Å². The van der Waals surface area contributed by atoms with Crippen molar-refractivity contribution in [3.63, 3.8) is 0 Å². The van der Waals surface area contributed by atoms with E-state index in [0.29, 0.717) is 5.69 Å². The second-order valence-corrected chi connectivity index (χ2v) is 3.77. The minimum Gasteiger partial charge on any atom is -0.770 e. The number of alkyl halides is 1. The number of anilines is 1. The van der Waals surface area contributed by atoms with Crippen molar-refractivity contribution in [2.24, 2.45) is 0 Å². The van der Waals surface area contributed by atoms with Crippen LogP contribution in [-0.2, 0) is 11.1 Å². The molecule has 1 aromatic carbocycles. The summed E-state index contributed by atoms with van der Waals surface area (Å²) in [6.07, 6.45) is 0. The first kappa shape index (κ1) is 9.51. The minimum absolute atomic E-state index is 0.682. The molecule has 0 radical (unpaired) electrons. The van der Waals surface area contributed by atoms with E-state index in [-0.39, 0.29) is 0 Å². The summed E-state index contributed by atoms with van der Waals surface area (Å²) >= 11 is 3.12. The van der Waals surface area contributed by atoms with E-state index >= 15 is 0 Å². The summed E-state index contributed by atoms with van der Waals surface area (Å²) in [7, 11) is 0. The standard InChI is InChI=1S/C7H8ClNO2S/c8-7(12(10)11)9-6-4-2-1-3-5-6/h1-5,7,9H,(H,10,11)/p-1. The van der Waals surface area contributed by atoms with Crippen LogP contribution >= 0.6 is 11.6 Å². The monoisotopic (exact) mass is 204 g/mol. The van der Waals surface area contributed by atoms with E-state index in [9.17, 15) is 8.76 Å². The first-order valence-electron chi connectivity index (χ1n) is 3.24. The summed E-state index contributed by atoms with van der Waals surface area (Å²) in [5, 5.41) is 2.59. The molecule has 0 aliphatic carbocycles. The summed E-state index contributed by atoms with van der Waals surface area (Å²) in [4.78, 5) is -1.08. The first-order valence-corrected chi connectivity index (χ1v) is 4.81. The molecule has 12 heavy (non-hydrogen) atoms. The van der Waals surface area contributed by atoms with E-state index in [4.69, 9.17) is 11.6 Å². The summed E-state index contributed by atoms with van der Waals surface area (Å²) in [5.41, 5.74) is 0.682. The van der Waals surface area contributed by atoms with Crippen molar-refractivity contribution in [2.75, 3.05) is 5.32 Å². The van der Waals surface area contributed by atoms with Crippen molar-refractivity contribution in [1.82, 2.24) is 0 Å². The number of rotatable bonds is 3. The molecule has 5 heteroatoms. The van der Waals surface area contributed by atoms with Crippen LogP contribution in [0.25, 0.3) is 0 Å². The van der Waals surface area contributed by atoms with E-state index in [1.54, 1.807) is 24.3 Å². The Morgan fingerprint density at radius 3 is 2.50 bits per heavy atom. The average Bonchev–Trinajstić information content (AvgIpc) is 2.06. The van der Waals surface area contributed by atoms with Crippen LogP contribution in [0, 0.1) is 0 Å². The third-order valence-electron chi connectivity index (χ3n) is 1.22. The fourth-order valence-electron chi connectivity index (χ4n) is 0.714. The van der Waals surface area contributed by atoms with E-state index in [1.165, 1.54) is 0 Å². The highest BCUT2D eigenvalue weighted by molar-refractivity contribution is 7.81. The van der Waals surface area contributed by atoms with Crippen LogP contribution in [0.15, 0.2) is 30.3 Å². The molecule has 1 N–H and O–H groups in total. The molecule has 1 aromatic rings. The zero-order chi connectivity index (χ0) is 8.97.